The Morgan fingerprint density at radius 2 is 1.65 bits per heavy atom. The Bertz CT molecular complexity index is 2890. The summed E-state index contributed by atoms with van der Waals surface area (Å²) in [6, 6.07) is 20.7. The molecule has 1 saturated heterocycles. The number of fused-ring (bicyclic) bond motifs is 2. The van der Waals surface area contributed by atoms with Crippen LogP contribution in [0.4, 0.5) is 26.1 Å². The Balaban J connectivity index is 0.943. The molecule has 7 aromatic rings. The van der Waals surface area contributed by atoms with Crippen LogP contribution < -0.4 is 27.0 Å². The molecule has 0 bridgehead atoms. The van der Waals surface area contributed by atoms with Gasteiger partial charge in [0.2, 0.25) is 5.95 Å². The lowest BCUT2D eigenvalue weighted by Gasteiger charge is -2.36. The average Bonchev–Trinajstić information content (AvgIpc) is 3.44. The maximum atomic E-state index is 15.1. The fourth-order valence-electron chi connectivity index (χ4n) is 6.99. The smallest absolute Gasteiger partial charge is 0.329 e. The van der Waals surface area contributed by atoms with Crippen LogP contribution in [-0.2, 0) is 19.2 Å². The third-order valence-electron chi connectivity index (χ3n) is 10.0. The number of aromatic nitrogens is 7. The van der Waals surface area contributed by atoms with Crippen LogP contribution >= 0.6 is 0 Å². The molecule has 3 N–H and O–H groups in total. The van der Waals surface area contributed by atoms with Gasteiger partial charge in [0.15, 0.2) is 11.5 Å². The van der Waals surface area contributed by atoms with Crippen LogP contribution in [-0.4, -0.2) is 76.0 Å². The van der Waals surface area contributed by atoms with E-state index < -0.39 is 34.4 Å². The summed E-state index contributed by atoms with van der Waals surface area (Å²) in [6.45, 7) is 4.76. The lowest BCUT2D eigenvalue weighted by Crippen LogP contribution is -2.49. The fourth-order valence-corrected chi connectivity index (χ4v) is 6.99. The second-order valence-corrected chi connectivity index (χ2v) is 14.3. The quantitative estimate of drug-likeness (QED) is 0.206. The highest BCUT2D eigenvalue weighted by Crippen LogP contribution is 2.25. The van der Waals surface area contributed by atoms with Gasteiger partial charge in [-0.1, -0.05) is 18.2 Å². The van der Waals surface area contributed by atoms with Crippen LogP contribution in [0.2, 0.25) is 0 Å². The van der Waals surface area contributed by atoms with Gasteiger partial charge in [-0.15, -0.1) is 0 Å². The Hall–Kier alpha value is -7.01. The highest BCUT2D eigenvalue weighted by Gasteiger charge is 2.26. The second kappa shape index (κ2) is 14.2. The van der Waals surface area contributed by atoms with Gasteiger partial charge in [-0.05, 0) is 80.1 Å². The minimum atomic E-state index is -1.19. The minimum Gasteiger partial charge on any atom is -0.384 e. The predicted octanol–water partition coefficient (Wildman–Crippen LogP) is 3.78. The van der Waals surface area contributed by atoms with Crippen molar-refractivity contribution in [1.82, 2.24) is 38.8 Å². The number of benzene rings is 3. The zero-order valence-electron chi connectivity index (χ0n) is 31.0. The summed E-state index contributed by atoms with van der Waals surface area (Å²) >= 11 is 0. The number of hydrogen-bond acceptors (Lipinski definition) is 10. The highest BCUT2D eigenvalue weighted by atomic mass is 19.1. The molecule has 17 heteroatoms. The third-order valence-corrected chi connectivity index (χ3v) is 10.0. The number of anilines is 3. The molecule has 0 atom stereocenters. The number of H-pyrrole nitrogens is 1. The van der Waals surface area contributed by atoms with E-state index in [4.69, 9.17) is 0 Å². The number of halogens is 2. The highest BCUT2D eigenvalue weighted by molar-refractivity contribution is 5.95. The number of aromatic amines is 1. The van der Waals surface area contributed by atoms with Crippen LogP contribution in [0.3, 0.4) is 0 Å². The van der Waals surface area contributed by atoms with Gasteiger partial charge in [0.05, 0.1) is 28.7 Å². The lowest BCUT2D eigenvalue weighted by atomic mass is 10.1. The number of nitrogens with zero attached hydrogens (tertiary/aromatic N) is 8. The number of carbonyl (C=O) groups is 1. The van der Waals surface area contributed by atoms with Gasteiger partial charge in [0.25, 0.3) is 17.0 Å². The SMILES string of the molecule is Cn1c(=O)c2cnc(Nc3ccc(N4CCN(C(=O)c5cc(Cn6c(=O)[nH]c(=O)c7c(F)cccc76)ccc5F)CC4)cc3)nc2n1-c1cccc(C(C)(C)O)n1. The van der Waals surface area contributed by atoms with Gasteiger partial charge in [-0.2, -0.15) is 4.98 Å². The fraction of sp³-hybridized carbons (Fsp3) is 0.225. The first-order valence-corrected chi connectivity index (χ1v) is 18.0. The van der Waals surface area contributed by atoms with Crippen molar-refractivity contribution in [3.8, 4) is 5.82 Å². The van der Waals surface area contributed by atoms with Gasteiger partial charge < -0.3 is 20.2 Å². The molecule has 8 rings (SSSR count). The van der Waals surface area contributed by atoms with E-state index in [2.05, 4.69) is 30.2 Å². The predicted molar refractivity (Wildman–Crippen MR) is 209 cm³/mol. The molecule has 0 saturated carbocycles. The molecule has 1 aliphatic heterocycles. The van der Waals surface area contributed by atoms with Gasteiger partial charge in [-0.3, -0.25) is 23.9 Å². The van der Waals surface area contributed by atoms with E-state index in [0.29, 0.717) is 60.0 Å². The minimum absolute atomic E-state index is 0.0824. The lowest BCUT2D eigenvalue weighted by molar-refractivity contribution is 0.0733. The number of carbonyl (C=O) groups excluding carboxylic acids is 1. The molecular weight excluding hydrogens is 739 g/mol. The van der Waals surface area contributed by atoms with Crippen molar-refractivity contribution < 1.29 is 18.7 Å². The zero-order valence-corrected chi connectivity index (χ0v) is 31.0. The van der Waals surface area contributed by atoms with Crippen LogP contribution in [0.15, 0.2) is 99.4 Å². The van der Waals surface area contributed by atoms with Crippen molar-refractivity contribution in [2.24, 2.45) is 7.05 Å². The number of aliphatic hydroxyl groups is 1. The molecule has 3 aromatic carbocycles. The Morgan fingerprint density at radius 3 is 2.39 bits per heavy atom. The van der Waals surface area contributed by atoms with Crippen LogP contribution in [0.1, 0.15) is 35.5 Å². The summed E-state index contributed by atoms with van der Waals surface area (Å²) in [7, 11) is 1.61. The van der Waals surface area contributed by atoms with Gasteiger partial charge in [0, 0.05) is 50.8 Å². The van der Waals surface area contributed by atoms with Crippen molar-refractivity contribution in [2.45, 2.75) is 26.0 Å². The van der Waals surface area contributed by atoms with E-state index >= 15 is 4.39 Å². The molecule has 290 valence electrons. The molecule has 4 aromatic heterocycles. The van der Waals surface area contributed by atoms with Crippen molar-refractivity contribution in [2.75, 3.05) is 36.4 Å². The number of hydrogen-bond donors (Lipinski definition) is 3. The molecule has 1 aliphatic rings. The summed E-state index contributed by atoms with van der Waals surface area (Å²) in [5.41, 5.74) is -0.379. The topological polar surface area (TPSA) is 176 Å². The molecule has 0 unspecified atom stereocenters. The molecule has 57 heavy (non-hydrogen) atoms. The standard InChI is InChI=1S/C40H36F2N10O5/c1-40(2,57)31-8-5-9-32(45-31)52-34-27(36(54)48(52)3)21-43-38(46-34)44-24-11-13-25(14-12-24)49-16-18-50(19-17-49)37(55)26-20-23(10-15-28(26)41)22-51-30-7-4-6-29(42)33(30)35(53)47-39(51)56/h4-15,20-21,57H,16-19,22H2,1-3H3,(H,43,44,46)(H,47,53,56). The molecular formula is C40H36F2N10O5. The Morgan fingerprint density at radius 1 is 0.912 bits per heavy atom. The zero-order chi connectivity index (χ0) is 40.2. The van der Waals surface area contributed by atoms with Crippen LogP contribution in [0.5, 0.6) is 0 Å². The molecule has 1 fully saturated rings. The Kier molecular flexibility index (Phi) is 9.23. The first-order chi connectivity index (χ1) is 27.3. The van der Waals surface area contributed by atoms with Gasteiger partial charge >= 0.3 is 5.69 Å². The van der Waals surface area contributed by atoms with E-state index in [-0.39, 0.29) is 34.5 Å². The van der Waals surface area contributed by atoms with Gasteiger partial charge in [-0.25, -0.2) is 32.9 Å². The summed E-state index contributed by atoms with van der Waals surface area (Å²) in [5, 5.41) is 13.7. The van der Waals surface area contributed by atoms with Crippen LogP contribution in [0, 0.1) is 11.6 Å². The first-order valence-electron chi connectivity index (χ1n) is 18.0. The summed E-state index contributed by atoms with van der Waals surface area (Å²) < 4.78 is 33.6. The summed E-state index contributed by atoms with van der Waals surface area (Å²) in [5.74, 6) is -1.33. The number of rotatable bonds is 8. The van der Waals surface area contributed by atoms with E-state index in [1.54, 1.807) is 48.7 Å². The normalized spacial score (nSPS) is 13.4. The molecule has 0 spiro atoms. The summed E-state index contributed by atoms with van der Waals surface area (Å²) in [4.78, 5) is 70.9. The van der Waals surface area contributed by atoms with Crippen molar-refractivity contribution >= 4 is 45.2 Å². The largest absolute Gasteiger partial charge is 0.384 e. The molecule has 1 amide bonds. The molecule has 15 nitrogen and oxygen atoms in total. The third kappa shape index (κ3) is 6.92. The molecule has 5 heterocycles. The monoisotopic (exact) mass is 774 g/mol. The summed E-state index contributed by atoms with van der Waals surface area (Å²) in [6.07, 6.45) is 1.46. The van der Waals surface area contributed by atoms with E-state index in [1.807, 2.05) is 24.3 Å². The first kappa shape index (κ1) is 36.9. The second-order valence-electron chi connectivity index (χ2n) is 14.3. The maximum Gasteiger partial charge on any atom is 0.329 e. The molecule has 0 radical (unpaired) electrons. The van der Waals surface area contributed by atoms with Gasteiger partial charge in [0.1, 0.15) is 22.6 Å². The van der Waals surface area contributed by atoms with Crippen molar-refractivity contribution in [3.05, 3.63) is 145 Å². The number of piperazine rings is 1. The van der Waals surface area contributed by atoms with E-state index in [1.165, 1.54) is 39.7 Å². The Labute approximate surface area is 322 Å². The van der Waals surface area contributed by atoms with E-state index in [0.717, 1.165) is 17.8 Å². The van der Waals surface area contributed by atoms with Crippen LogP contribution in [0.25, 0.3) is 27.8 Å². The van der Waals surface area contributed by atoms with E-state index in [9.17, 15) is 28.7 Å². The average molecular weight is 775 g/mol. The van der Waals surface area contributed by atoms with Crippen molar-refractivity contribution in [1.29, 1.82) is 0 Å². The maximum absolute atomic E-state index is 15.1. The number of pyridine rings is 1. The molecule has 0 aliphatic carbocycles. The van der Waals surface area contributed by atoms with Crippen molar-refractivity contribution in [3.63, 3.8) is 0 Å². The number of nitrogens with one attached hydrogen (secondary N) is 2. The number of amides is 1.